The molecule has 0 unspecified atom stereocenters. The Kier molecular flexibility index (Phi) is 2.85. The van der Waals surface area contributed by atoms with Crippen molar-refractivity contribution in [3.8, 4) is 0 Å². The van der Waals surface area contributed by atoms with Crippen LogP contribution in [0.1, 0.15) is 10.7 Å². The molecule has 6 heteroatoms. The fraction of sp³-hybridized carbons (Fsp3) is 0.0909. The molecule has 0 saturated heterocycles. The minimum atomic E-state index is 0.615. The number of hydrogen-bond donors (Lipinski definition) is 1. The van der Waals surface area contributed by atoms with Gasteiger partial charge in [0, 0.05) is 16.3 Å². The predicted molar refractivity (Wildman–Crippen MR) is 76.7 cm³/mol. The number of aromatic nitrogens is 2. The maximum Gasteiger partial charge on any atom is 0.180 e. The van der Waals surface area contributed by atoms with E-state index in [1.165, 1.54) is 16.0 Å². The van der Waals surface area contributed by atoms with Gasteiger partial charge in [-0.25, -0.2) is 9.97 Å². The van der Waals surface area contributed by atoms with E-state index in [9.17, 15) is 0 Å². The second kappa shape index (κ2) is 4.36. The number of fused-ring (bicyclic) bond motifs is 1. The van der Waals surface area contributed by atoms with Crippen molar-refractivity contribution in [2.75, 3.05) is 5.73 Å². The van der Waals surface area contributed by atoms with Crippen molar-refractivity contribution in [3.05, 3.63) is 38.8 Å². The third-order valence-corrected chi connectivity index (χ3v) is 4.53. The summed E-state index contributed by atoms with van der Waals surface area (Å²) in [5.74, 6) is 0. The first-order valence-electron chi connectivity index (χ1n) is 4.95. The highest BCUT2D eigenvalue weighted by Gasteiger charge is 2.07. The molecule has 2 aromatic heterocycles. The molecule has 3 aromatic rings. The number of anilines is 1. The van der Waals surface area contributed by atoms with Crippen LogP contribution in [0.2, 0.25) is 0 Å². The zero-order valence-electron chi connectivity index (χ0n) is 8.68. The summed E-state index contributed by atoms with van der Waals surface area (Å²) in [5, 5.41) is 3.67. The lowest BCUT2D eigenvalue weighted by atomic mass is 10.3. The molecule has 0 amide bonds. The average Bonchev–Trinajstić information content (AvgIpc) is 2.84. The molecular formula is C11H8BrN3S2. The molecule has 1 aromatic carbocycles. The molecule has 0 fully saturated rings. The summed E-state index contributed by atoms with van der Waals surface area (Å²) in [6.07, 6.45) is 0.755. The van der Waals surface area contributed by atoms with Crippen molar-refractivity contribution in [1.82, 2.24) is 9.97 Å². The van der Waals surface area contributed by atoms with E-state index in [2.05, 4.69) is 32.0 Å². The molecule has 0 atom stereocenters. The second-order valence-corrected chi connectivity index (χ2v) is 6.49. The molecule has 3 rings (SSSR count). The van der Waals surface area contributed by atoms with E-state index in [-0.39, 0.29) is 0 Å². The van der Waals surface area contributed by atoms with Crippen LogP contribution in [0.4, 0.5) is 5.13 Å². The molecule has 0 saturated carbocycles. The van der Waals surface area contributed by atoms with Gasteiger partial charge in [0.1, 0.15) is 0 Å². The van der Waals surface area contributed by atoms with Crippen molar-refractivity contribution in [2.45, 2.75) is 6.42 Å². The third kappa shape index (κ3) is 2.34. The number of benzene rings is 1. The second-order valence-electron chi connectivity index (χ2n) is 3.57. The molecule has 2 N–H and O–H groups in total. The summed E-state index contributed by atoms with van der Waals surface area (Å²) in [7, 11) is 0. The van der Waals surface area contributed by atoms with E-state index in [1.807, 2.05) is 17.5 Å². The van der Waals surface area contributed by atoms with E-state index in [0.29, 0.717) is 5.13 Å². The Balaban J connectivity index is 1.95. The summed E-state index contributed by atoms with van der Waals surface area (Å²) in [4.78, 5) is 8.83. The number of nitrogens with zero attached hydrogens (tertiary/aromatic N) is 2. The highest BCUT2D eigenvalue weighted by atomic mass is 79.9. The molecule has 0 bridgehead atoms. The van der Waals surface area contributed by atoms with Crippen molar-refractivity contribution < 1.29 is 0 Å². The lowest BCUT2D eigenvalue weighted by Gasteiger charge is -1.88. The standard InChI is InChI=1S/C11H8BrN3S2/c12-6-1-2-8-9(3-6)17-10(15-8)4-7-5-16-11(13)14-7/h1-3,5H,4H2,(H2,13,14). The molecule has 0 radical (unpaired) electrons. The molecule has 0 aliphatic rings. The van der Waals surface area contributed by atoms with Gasteiger partial charge in [0.2, 0.25) is 0 Å². The minimum absolute atomic E-state index is 0.615. The first-order chi connectivity index (χ1) is 8.20. The van der Waals surface area contributed by atoms with Crippen molar-refractivity contribution in [2.24, 2.45) is 0 Å². The molecule has 0 aliphatic heterocycles. The smallest absolute Gasteiger partial charge is 0.180 e. The van der Waals surface area contributed by atoms with Gasteiger partial charge < -0.3 is 5.73 Å². The maximum absolute atomic E-state index is 5.61. The van der Waals surface area contributed by atoms with Gasteiger partial charge in [0.25, 0.3) is 0 Å². The Morgan fingerprint density at radius 2 is 2.18 bits per heavy atom. The average molecular weight is 326 g/mol. The first kappa shape index (κ1) is 11.1. The van der Waals surface area contributed by atoms with Crippen LogP contribution in [0.15, 0.2) is 28.1 Å². The Bertz CT molecular complexity index is 674. The van der Waals surface area contributed by atoms with Crippen LogP contribution in [-0.2, 0) is 6.42 Å². The fourth-order valence-corrected chi connectivity index (χ4v) is 3.68. The van der Waals surface area contributed by atoms with Crippen LogP contribution < -0.4 is 5.73 Å². The van der Waals surface area contributed by atoms with E-state index in [0.717, 1.165) is 27.1 Å². The van der Waals surface area contributed by atoms with Crippen molar-refractivity contribution in [1.29, 1.82) is 0 Å². The van der Waals surface area contributed by atoms with Gasteiger partial charge in [-0.15, -0.1) is 22.7 Å². The van der Waals surface area contributed by atoms with Gasteiger partial charge in [-0.05, 0) is 18.2 Å². The van der Waals surface area contributed by atoms with Crippen LogP contribution >= 0.6 is 38.6 Å². The fourth-order valence-electron chi connectivity index (χ4n) is 1.58. The lowest BCUT2D eigenvalue weighted by molar-refractivity contribution is 1.09. The molecular weight excluding hydrogens is 318 g/mol. The number of nitrogen functional groups attached to an aromatic ring is 1. The summed E-state index contributed by atoms with van der Waals surface area (Å²) < 4.78 is 2.27. The van der Waals surface area contributed by atoms with Crippen molar-refractivity contribution in [3.63, 3.8) is 0 Å². The molecule has 2 heterocycles. The normalized spacial score (nSPS) is 11.1. The van der Waals surface area contributed by atoms with Crippen LogP contribution in [0, 0.1) is 0 Å². The summed E-state index contributed by atoms with van der Waals surface area (Å²) >= 11 is 6.63. The predicted octanol–water partition coefficient (Wildman–Crippen LogP) is 3.69. The van der Waals surface area contributed by atoms with Gasteiger partial charge in [-0.3, -0.25) is 0 Å². The number of thiazole rings is 2. The van der Waals surface area contributed by atoms with Crippen LogP contribution in [0.5, 0.6) is 0 Å². The molecule has 0 spiro atoms. The lowest BCUT2D eigenvalue weighted by Crippen LogP contribution is -1.88. The minimum Gasteiger partial charge on any atom is -0.375 e. The first-order valence-corrected chi connectivity index (χ1v) is 7.44. The van der Waals surface area contributed by atoms with Gasteiger partial charge >= 0.3 is 0 Å². The molecule has 17 heavy (non-hydrogen) atoms. The highest BCUT2D eigenvalue weighted by molar-refractivity contribution is 9.10. The number of rotatable bonds is 2. The Morgan fingerprint density at radius 3 is 2.94 bits per heavy atom. The third-order valence-electron chi connectivity index (χ3n) is 2.30. The Labute approximate surface area is 114 Å². The number of hydrogen-bond acceptors (Lipinski definition) is 5. The molecule has 0 aliphatic carbocycles. The van der Waals surface area contributed by atoms with E-state index >= 15 is 0 Å². The van der Waals surface area contributed by atoms with Gasteiger partial charge in [-0.1, -0.05) is 15.9 Å². The van der Waals surface area contributed by atoms with Gasteiger partial charge in [0.15, 0.2) is 5.13 Å². The van der Waals surface area contributed by atoms with Crippen LogP contribution in [-0.4, -0.2) is 9.97 Å². The summed E-state index contributed by atoms with van der Waals surface area (Å²) in [5.41, 5.74) is 7.64. The molecule has 86 valence electrons. The largest absolute Gasteiger partial charge is 0.375 e. The van der Waals surface area contributed by atoms with E-state index in [1.54, 1.807) is 11.3 Å². The van der Waals surface area contributed by atoms with Crippen LogP contribution in [0.3, 0.4) is 0 Å². The molecule has 3 nitrogen and oxygen atoms in total. The number of nitrogens with two attached hydrogens (primary N) is 1. The Hall–Kier alpha value is -0.980. The van der Waals surface area contributed by atoms with E-state index < -0.39 is 0 Å². The van der Waals surface area contributed by atoms with E-state index in [4.69, 9.17) is 5.73 Å². The van der Waals surface area contributed by atoms with Gasteiger partial charge in [0.05, 0.1) is 20.9 Å². The zero-order chi connectivity index (χ0) is 11.8. The monoisotopic (exact) mass is 325 g/mol. The maximum atomic E-state index is 5.61. The quantitative estimate of drug-likeness (QED) is 0.781. The van der Waals surface area contributed by atoms with Crippen molar-refractivity contribution >= 4 is 54.0 Å². The summed E-state index contributed by atoms with van der Waals surface area (Å²) in [6.45, 7) is 0. The summed E-state index contributed by atoms with van der Waals surface area (Å²) in [6, 6.07) is 6.12. The van der Waals surface area contributed by atoms with Gasteiger partial charge in [-0.2, -0.15) is 0 Å². The number of halogens is 1. The highest BCUT2D eigenvalue weighted by Crippen LogP contribution is 2.27. The van der Waals surface area contributed by atoms with Crippen LogP contribution in [0.25, 0.3) is 10.2 Å². The SMILES string of the molecule is Nc1nc(Cc2nc3ccc(Br)cc3s2)cs1. The topological polar surface area (TPSA) is 51.8 Å². The zero-order valence-corrected chi connectivity index (χ0v) is 11.9. The Morgan fingerprint density at radius 1 is 1.29 bits per heavy atom.